The van der Waals surface area contributed by atoms with Crippen molar-refractivity contribution in [2.75, 3.05) is 6.54 Å². The Kier molecular flexibility index (Phi) is 8.42. The lowest BCUT2D eigenvalue weighted by molar-refractivity contribution is -0.139. The van der Waals surface area contributed by atoms with Gasteiger partial charge < -0.3 is 21.9 Å². The number of nitrogens with two attached hydrogens (primary N) is 2. The van der Waals surface area contributed by atoms with Gasteiger partial charge in [-0.2, -0.15) is 0 Å². The van der Waals surface area contributed by atoms with Gasteiger partial charge in [0.1, 0.15) is 0 Å². The molecule has 20 heavy (non-hydrogen) atoms. The van der Waals surface area contributed by atoms with Gasteiger partial charge in [0.15, 0.2) is 5.78 Å². The number of ketones is 1. The Bertz CT molecular complexity index is 382. The molecule has 0 bridgehead atoms. The number of aliphatic carboxylic acids is 1. The molecule has 0 spiro atoms. The molecular formula is C13H23N3O4. The van der Waals surface area contributed by atoms with E-state index in [9.17, 15) is 14.4 Å². The zero-order valence-corrected chi connectivity index (χ0v) is 11.7. The first kappa shape index (κ1) is 18.3. The molecular weight excluding hydrogens is 262 g/mol. The highest BCUT2D eigenvalue weighted by atomic mass is 16.4. The standard InChI is InChI=1S/C13H23N3O4/c1-8(2)12(19)9(14)5-3-4-6-16-13(20)10(15)7-11(17)18/h9-10H,1,3-7,14-15H2,2H3,(H,16,20)(H,17,18)/t9-,10-/m0/s1. The van der Waals surface area contributed by atoms with Crippen LogP contribution in [-0.4, -0.2) is 41.4 Å². The zero-order chi connectivity index (χ0) is 15.7. The minimum atomic E-state index is -1.11. The van der Waals surface area contributed by atoms with E-state index in [1.54, 1.807) is 6.92 Å². The Morgan fingerprint density at radius 3 is 2.30 bits per heavy atom. The van der Waals surface area contributed by atoms with Crippen LogP contribution in [0.1, 0.15) is 32.6 Å². The SMILES string of the molecule is C=C(C)C(=O)[C@@H](N)CCCCNC(=O)[C@@H](N)CC(=O)O. The van der Waals surface area contributed by atoms with Gasteiger partial charge in [-0.25, -0.2) is 0 Å². The summed E-state index contributed by atoms with van der Waals surface area (Å²) in [6.45, 7) is 5.53. The van der Waals surface area contributed by atoms with E-state index in [0.717, 1.165) is 0 Å². The first-order valence-electron chi connectivity index (χ1n) is 6.46. The highest BCUT2D eigenvalue weighted by Crippen LogP contribution is 2.03. The second kappa shape index (κ2) is 9.22. The molecule has 0 aliphatic rings. The molecule has 6 N–H and O–H groups in total. The number of rotatable bonds is 10. The molecule has 7 heteroatoms. The molecule has 0 aromatic carbocycles. The molecule has 0 rings (SSSR count). The smallest absolute Gasteiger partial charge is 0.305 e. The van der Waals surface area contributed by atoms with E-state index in [2.05, 4.69) is 11.9 Å². The van der Waals surface area contributed by atoms with Crippen molar-refractivity contribution in [2.45, 2.75) is 44.7 Å². The maximum Gasteiger partial charge on any atom is 0.305 e. The van der Waals surface area contributed by atoms with Gasteiger partial charge in [0.2, 0.25) is 5.91 Å². The minimum Gasteiger partial charge on any atom is -0.481 e. The van der Waals surface area contributed by atoms with E-state index in [4.69, 9.17) is 16.6 Å². The van der Waals surface area contributed by atoms with E-state index < -0.39 is 30.4 Å². The van der Waals surface area contributed by atoms with Crippen LogP contribution in [0.2, 0.25) is 0 Å². The molecule has 7 nitrogen and oxygen atoms in total. The maximum absolute atomic E-state index is 11.4. The fourth-order valence-electron chi connectivity index (χ4n) is 1.56. The van der Waals surface area contributed by atoms with E-state index in [-0.39, 0.29) is 5.78 Å². The summed E-state index contributed by atoms with van der Waals surface area (Å²) in [6.07, 6.45) is 1.43. The molecule has 1 amide bonds. The topological polar surface area (TPSA) is 136 Å². The van der Waals surface area contributed by atoms with Crippen molar-refractivity contribution in [1.82, 2.24) is 5.32 Å². The Labute approximate surface area is 118 Å². The number of carbonyl (C=O) groups excluding carboxylic acids is 2. The third-order valence-electron chi connectivity index (χ3n) is 2.73. The van der Waals surface area contributed by atoms with Crippen LogP contribution in [0, 0.1) is 0 Å². The predicted octanol–water partition coefficient (Wildman–Crippen LogP) is -0.453. The van der Waals surface area contributed by atoms with Gasteiger partial charge in [-0.15, -0.1) is 0 Å². The van der Waals surface area contributed by atoms with Crippen LogP contribution >= 0.6 is 0 Å². The highest BCUT2D eigenvalue weighted by molar-refractivity contribution is 5.98. The molecule has 0 saturated heterocycles. The monoisotopic (exact) mass is 285 g/mol. The van der Waals surface area contributed by atoms with Gasteiger partial charge in [0.05, 0.1) is 18.5 Å². The van der Waals surface area contributed by atoms with Gasteiger partial charge in [0, 0.05) is 6.54 Å². The number of unbranched alkanes of at least 4 members (excludes halogenated alkanes) is 1. The van der Waals surface area contributed by atoms with Crippen molar-refractivity contribution in [1.29, 1.82) is 0 Å². The van der Waals surface area contributed by atoms with Gasteiger partial charge >= 0.3 is 5.97 Å². The molecule has 0 aromatic rings. The lowest BCUT2D eigenvalue weighted by atomic mass is 10.0. The van der Waals surface area contributed by atoms with E-state index in [0.29, 0.717) is 31.4 Å². The van der Waals surface area contributed by atoms with Crippen LogP contribution in [0.25, 0.3) is 0 Å². The number of Topliss-reactive ketones (excluding diaryl/α,β-unsaturated/α-hetero) is 1. The highest BCUT2D eigenvalue weighted by Gasteiger charge is 2.16. The lowest BCUT2D eigenvalue weighted by Crippen LogP contribution is -2.42. The molecule has 0 unspecified atom stereocenters. The molecule has 114 valence electrons. The molecule has 0 radical (unpaired) electrons. The number of nitrogens with one attached hydrogen (secondary N) is 1. The number of carbonyl (C=O) groups is 3. The number of hydrogen-bond acceptors (Lipinski definition) is 5. The second-order valence-corrected chi connectivity index (χ2v) is 4.74. The largest absolute Gasteiger partial charge is 0.481 e. The third kappa shape index (κ3) is 7.65. The van der Waals surface area contributed by atoms with E-state index >= 15 is 0 Å². The van der Waals surface area contributed by atoms with Gasteiger partial charge in [-0.3, -0.25) is 14.4 Å². The van der Waals surface area contributed by atoms with Crippen LogP contribution in [0.3, 0.4) is 0 Å². The Morgan fingerprint density at radius 2 is 1.80 bits per heavy atom. The van der Waals surface area contributed by atoms with Crippen LogP contribution < -0.4 is 16.8 Å². The van der Waals surface area contributed by atoms with E-state index in [1.165, 1.54) is 0 Å². The molecule has 0 aliphatic carbocycles. The summed E-state index contributed by atoms with van der Waals surface area (Å²) in [5.74, 6) is -1.76. The van der Waals surface area contributed by atoms with Crippen molar-refractivity contribution >= 4 is 17.7 Å². The quantitative estimate of drug-likeness (QED) is 0.317. The maximum atomic E-state index is 11.4. The average Bonchev–Trinajstić information content (AvgIpc) is 2.35. The summed E-state index contributed by atoms with van der Waals surface area (Å²) in [5, 5.41) is 11.0. The van der Waals surface area contributed by atoms with Crippen LogP contribution in [0.5, 0.6) is 0 Å². The first-order chi connectivity index (χ1) is 9.25. The number of amides is 1. The molecule has 2 atom stereocenters. The molecule has 0 aromatic heterocycles. The number of hydrogen-bond donors (Lipinski definition) is 4. The fraction of sp³-hybridized carbons (Fsp3) is 0.615. The second-order valence-electron chi connectivity index (χ2n) is 4.74. The molecule has 0 heterocycles. The van der Waals surface area contributed by atoms with Crippen LogP contribution in [0.4, 0.5) is 0 Å². The Balaban J connectivity index is 3.77. The normalized spacial score (nSPS) is 13.3. The average molecular weight is 285 g/mol. The van der Waals surface area contributed by atoms with Gasteiger partial charge in [0.25, 0.3) is 0 Å². The molecule has 0 fully saturated rings. The summed E-state index contributed by atoms with van der Waals surface area (Å²) in [6, 6.07) is -1.60. The zero-order valence-electron chi connectivity index (χ0n) is 11.7. The van der Waals surface area contributed by atoms with Gasteiger partial charge in [-0.05, 0) is 31.8 Å². The van der Waals surface area contributed by atoms with Crippen molar-refractivity contribution in [2.24, 2.45) is 11.5 Å². The minimum absolute atomic E-state index is 0.155. The summed E-state index contributed by atoms with van der Waals surface area (Å²) in [5.41, 5.74) is 11.5. The van der Waals surface area contributed by atoms with Crippen molar-refractivity contribution in [3.05, 3.63) is 12.2 Å². The Morgan fingerprint density at radius 1 is 1.20 bits per heavy atom. The fourth-order valence-corrected chi connectivity index (χ4v) is 1.56. The number of carboxylic acid groups (broad SMARTS) is 1. The van der Waals surface area contributed by atoms with Crippen molar-refractivity contribution < 1.29 is 19.5 Å². The van der Waals surface area contributed by atoms with Gasteiger partial charge in [-0.1, -0.05) is 6.58 Å². The first-order valence-corrected chi connectivity index (χ1v) is 6.46. The summed E-state index contributed by atoms with van der Waals surface area (Å²) >= 11 is 0. The third-order valence-corrected chi connectivity index (χ3v) is 2.73. The summed E-state index contributed by atoms with van der Waals surface area (Å²) in [7, 11) is 0. The summed E-state index contributed by atoms with van der Waals surface area (Å²) in [4.78, 5) is 33.2. The molecule has 0 aliphatic heterocycles. The molecule has 0 saturated carbocycles. The predicted molar refractivity (Wildman–Crippen MR) is 74.9 cm³/mol. The van der Waals surface area contributed by atoms with Crippen LogP contribution in [-0.2, 0) is 14.4 Å². The Hall–Kier alpha value is -1.73. The van der Waals surface area contributed by atoms with Crippen molar-refractivity contribution in [3.63, 3.8) is 0 Å². The summed E-state index contributed by atoms with van der Waals surface area (Å²) < 4.78 is 0. The lowest BCUT2D eigenvalue weighted by Gasteiger charge is -2.12. The van der Waals surface area contributed by atoms with Crippen LogP contribution in [0.15, 0.2) is 12.2 Å². The number of carboxylic acids is 1. The van der Waals surface area contributed by atoms with E-state index in [1.807, 2.05) is 0 Å². The van der Waals surface area contributed by atoms with Crippen molar-refractivity contribution in [3.8, 4) is 0 Å².